The van der Waals surface area contributed by atoms with Crippen molar-refractivity contribution in [3.8, 4) is 17.1 Å². The normalized spacial score (nSPS) is 15.5. The zero-order valence-corrected chi connectivity index (χ0v) is 15.8. The molecule has 1 aromatic heterocycles. The van der Waals surface area contributed by atoms with Gasteiger partial charge in [-0.25, -0.2) is 9.97 Å². The van der Waals surface area contributed by atoms with E-state index in [9.17, 15) is 5.11 Å². The second kappa shape index (κ2) is 6.80. The van der Waals surface area contributed by atoms with Crippen LogP contribution in [0.4, 0.5) is 5.82 Å². The Morgan fingerprint density at radius 1 is 0.964 bits per heavy atom. The third-order valence-corrected chi connectivity index (χ3v) is 5.48. The van der Waals surface area contributed by atoms with Crippen LogP contribution in [-0.2, 0) is 6.42 Å². The lowest BCUT2D eigenvalue weighted by Crippen LogP contribution is -2.10. The Morgan fingerprint density at radius 2 is 1.79 bits per heavy atom. The molecule has 1 aliphatic carbocycles. The lowest BCUT2D eigenvalue weighted by molar-refractivity contribution is 0.477. The van der Waals surface area contributed by atoms with Gasteiger partial charge in [0.15, 0.2) is 5.82 Å². The van der Waals surface area contributed by atoms with Crippen molar-refractivity contribution >= 4 is 28.3 Å². The van der Waals surface area contributed by atoms with Gasteiger partial charge in [0.25, 0.3) is 0 Å². The van der Waals surface area contributed by atoms with E-state index in [1.165, 1.54) is 11.1 Å². The van der Waals surface area contributed by atoms with E-state index in [0.29, 0.717) is 16.4 Å². The number of hydrogen-bond acceptors (Lipinski definition) is 4. The Morgan fingerprint density at radius 3 is 2.68 bits per heavy atom. The SMILES string of the molecule is Oc1ccccc1-c1nc(NC2CCc3ccccc32)c2ccc(Cl)cc2n1. The van der Waals surface area contributed by atoms with E-state index >= 15 is 0 Å². The third-order valence-electron chi connectivity index (χ3n) is 5.25. The van der Waals surface area contributed by atoms with Crippen LogP contribution in [0.3, 0.4) is 0 Å². The van der Waals surface area contributed by atoms with Gasteiger partial charge in [-0.05, 0) is 54.3 Å². The summed E-state index contributed by atoms with van der Waals surface area (Å²) >= 11 is 6.21. The van der Waals surface area contributed by atoms with Crippen LogP contribution in [0.5, 0.6) is 5.75 Å². The summed E-state index contributed by atoms with van der Waals surface area (Å²) in [6, 6.07) is 21.4. The van der Waals surface area contributed by atoms with Crippen molar-refractivity contribution in [2.45, 2.75) is 18.9 Å². The summed E-state index contributed by atoms with van der Waals surface area (Å²) in [5, 5.41) is 15.4. The number of phenolic OH excluding ortho intramolecular Hbond substituents is 1. The maximum Gasteiger partial charge on any atom is 0.165 e. The minimum absolute atomic E-state index is 0.154. The molecule has 3 aromatic carbocycles. The van der Waals surface area contributed by atoms with Crippen molar-refractivity contribution in [1.29, 1.82) is 0 Å². The highest BCUT2D eigenvalue weighted by Gasteiger charge is 2.23. The maximum absolute atomic E-state index is 10.3. The number of fused-ring (bicyclic) bond motifs is 2. The van der Waals surface area contributed by atoms with Crippen LogP contribution in [0.1, 0.15) is 23.6 Å². The van der Waals surface area contributed by atoms with Gasteiger partial charge in [0.1, 0.15) is 11.6 Å². The number of benzene rings is 3. The van der Waals surface area contributed by atoms with E-state index in [1.807, 2.05) is 30.3 Å². The molecular formula is C23H18ClN3O. The minimum Gasteiger partial charge on any atom is -0.507 e. The average molecular weight is 388 g/mol. The summed E-state index contributed by atoms with van der Waals surface area (Å²) in [6.07, 6.45) is 2.07. The number of aromatic hydroxyl groups is 1. The lowest BCUT2D eigenvalue weighted by atomic mass is 10.1. The molecule has 0 amide bonds. The maximum atomic E-state index is 10.3. The zero-order chi connectivity index (χ0) is 19.1. The smallest absolute Gasteiger partial charge is 0.165 e. The van der Waals surface area contributed by atoms with Crippen LogP contribution < -0.4 is 5.32 Å². The van der Waals surface area contributed by atoms with Gasteiger partial charge in [-0.15, -0.1) is 0 Å². The molecule has 0 spiro atoms. The van der Waals surface area contributed by atoms with E-state index in [0.717, 1.165) is 29.6 Å². The fourth-order valence-electron chi connectivity index (χ4n) is 3.87. The van der Waals surface area contributed by atoms with Crippen LogP contribution in [0.15, 0.2) is 66.7 Å². The van der Waals surface area contributed by atoms with E-state index in [4.69, 9.17) is 16.6 Å². The molecule has 0 radical (unpaired) electrons. The van der Waals surface area contributed by atoms with E-state index < -0.39 is 0 Å². The number of nitrogens with one attached hydrogen (secondary N) is 1. The van der Waals surface area contributed by atoms with E-state index in [-0.39, 0.29) is 11.8 Å². The molecule has 0 saturated heterocycles. The van der Waals surface area contributed by atoms with Crippen molar-refractivity contribution in [3.63, 3.8) is 0 Å². The summed E-state index contributed by atoms with van der Waals surface area (Å²) in [4.78, 5) is 9.42. The number of halogens is 1. The molecule has 0 bridgehead atoms. The summed E-state index contributed by atoms with van der Waals surface area (Å²) in [7, 11) is 0. The molecule has 5 heteroatoms. The number of hydrogen-bond donors (Lipinski definition) is 2. The summed E-state index contributed by atoms with van der Waals surface area (Å²) in [5.41, 5.74) is 4.03. The number of phenols is 1. The van der Waals surface area contributed by atoms with Gasteiger partial charge in [-0.2, -0.15) is 0 Å². The van der Waals surface area contributed by atoms with Gasteiger partial charge in [-0.3, -0.25) is 0 Å². The fraction of sp³-hybridized carbons (Fsp3) is 0.130. The molecule has 5 rings (SSSR count). The predicted octanol–water partition coefficient (Wildman–Crippen LogP) is 5.76. The molecule has 1 heterocycles. The first-order valence-electron chi connectivity index (χ1n) is 9.29. The number of para-hydroxylation sites is 1. The topological polar surface area (TPSA) is 58.0 Å². The molecule has 138 valence electrons. The standard InChI is InChI=1S/C23H18ClN3O/c24-15-10-11-17-20(13-15)26-23(18-7-3-4-8-21(18)28)27-22(17)25-19-12-9-14-5-1-2-6-16(14)19/h1-8,10-11,13,19,28H,9,12H2,(H,25,26,27). The molecule has 0 fully saturated rings. The summed E-state index contributed by atoms with van der Waals surface area (Å²) < 4.78 is 0. The van der Waals surface area contributed by atoms with Crippen LogP contribution in [0.25, 0.3) is 22.3 Å². The first kappa shape index (κ1) is 17.0. The first-order chi connectivity index (χ1) is 13.7. The molecule has 1 aliphatic rings. The molecule has 1 unspecified atom stereocenters. The quantitative estimate of drug-likeness (QED) is 0.469. The number of aryl methyl sites for hydroxylation is 1. The van der Waals surface area contributed by atoms with Crippen molar-refractivity contribution < 1.29 is 5.11 Å². The lowest BCUT2D eigenvalue weighted by Gasteiger charge is -2.17. The summed E-state index contributed by atoms with van der Waals surface area (Å²) in [5.74, 6) is 1.38. The number of anilines is 1. The largest absolute Gasteiger partial charge is 0.507 e. The number of rotatable bonds is 3. The molecule has 28 heavy (non-hydrogen) atoms. The van der Waals surface area contributed by atoms with Gasteiger partial charge in [-0.1, -0.05) is 48.0 Å². The van der Waals surface area contributed by atoms with Crippen molar-refractivity contribution in [3.05, 3.63) is 82.9 Å². The minimum atomic E-state index is 0.154. The average Bonchev–Trinajstić information content (AvgIpc) is 3.11. The van der Waals surface area contributed by atoms with E-state index in [2.05, 4.69) is 34.6 Å². The van der Waals surface area contributed by atoms with Crippen LogP contribution in [0.2, 0.25) is 5.02 Å². The van der Waals surface area contributed by atoms with Gasteiger partial charge in [0.05, 0.1) is 17.1 Å². The molecular weight excluding hydrogens is 370 g/mol. The van der Waals surface area contributed by atoms with Crippen LogP contribution >= 0.6 is 11.6 Å². The molecule has 4 aromatic rings. The van der Waals surface area contributed by atoms with Gasteiger partial charge in [0, 0.05) is 10.4 Å². The Labute approximate surface area is 167 Å². The number of aromatic nitrogens is 2. The van der Waals surface area contributed by atoms with Crippen LogP contribution in [0, 0.1) is 0 Å². The molecule has 1 atom stereocenters. The zero-order valence-electron chi connectivity index (χ0n) is 15.1. The van der Waals surface area contributed by atoms with Crippen molar-refractivity contribution in [1.82, 2.24) is 9.97 Å². The Kier molecular flexibility index (Phi) is 4.14. The molecule has 2 N–H and O–H groups in total. The van der Waals surface area contributed by atoms with Gasteiger partial charge in [0.2, 0.25) is 0 Å². The van der Waals surface area contributed by atoms with Crippen LogP contribution in [-0.4, -0.2) is 15.1 Å². The van der Waals surface area contributed by atoms with Gasteiger partial charge < -0.3 is 10.4 Å². The predicted molar refractivity (Wildman–Crippen MR) is 113 cm³/mol. The third kappa shape index (κ3) is 2.96. The Hall–Kier alpha value is -3.11. The fourth-order valence-corrected chi connectivity index (χ4v) is 4.03. The van der Waals surface area contributed by atoms with E-state index in [1.54, 1.807) is 12.1 Å². The second-order valence-electron chi connectivity index (χ2n) is 7.01. The Balaban J connectivity index is 1.64. The van der Waals surface area contributed by atoms with Crippen molar-refractivity contribution in [2.24, 2.45) is 0 Å². The monoisotopic (exact) mass is 387 g/mol. The highest BCUT2D eigenvalue weighted by Crippen LogP contribution is 2.36. The summed E-state index contributed by atoms with van der Waals surface area (Å²) in [6.45, 7) is 0. The molecule has 0 saturated carbocycles. The second-order valence-corrected chi connectivity index (χ2v) is 7.45. The highest BCUT2D eigenvalue weighted by molar-refractivity contribution is 6.31. The molecule has 4 nitrogen and oxygen atoms in total. The first-order valence-corrected chi connectivity index (χ1v) is 9.67. The van der Waals surface area contributed by atoms with Crippen molar-refractivity contribution in [2.75, 3.05) is 5.32 Å². The highest BCUT2D eigenvalue weighted by atomic mass is 35.5. The Bertz CT molecular complexity index is 1190. The van der Waals surface area contributed by atoms with Gasteiger partial charge >= 0.3 is 0 Å². The number of nitrogens with zero attached hydrogens (tertiary/aromatic N) is 2. The molecule has 0 aliphatic heterocycles.